The second-order valence-electron chi connectivity index (χ2n) is 6.08. The number of aromatic nitrogens is 2. The van der Waals surface area contributed by atoms with Crippen LogP contribution in [0.15, 0.2) is 36.4 Å². The van der Waals surface area contributed by atoms with Gasteiger partial charge in [0.1, 0.15) is 5.82 Å². The van der Waals surface area contributed by atoms with Crippen molar-refractivity contribution in [3.05, 3.63) is 52.8 Å². The maximum Gasteiger partial charge on any atom is 0.160 e. The topological polar surface area (TPSA) is 56.5 Å². The zero-order valence-electron chi connectivity index (χ0n) is 15.0. The first-order chi connectivity index (χ1) is 12.7. The molecule has 3 aromatic rings. The van der Waals surface area contributed by atoms with Crippen molar-refractivity contribution in [2.24, 2.45) is 0 Å². The molecule has 3 rings (SSSR count). The predicted molar refractivity (Wildman–Crippen MR) is 103 cm³/mol. The summed E-state index contributed by atoms with van der Waals surface area (Å²) in [5.74, 6) is 2.42. The van der Waals surface area contributed by atoms with Gasteiger partial charge in [0.25, 0.3) is 0 Å². The Morgan fingerprint density at radius 3 is 2.58 bits per heavy atom. The van der Waals surface area contributed by atoms with Crippen molar-refractivity contribution in [1.82, 2.24) is 9.55 Å². The van der Waals surface area contributed by atoms with E-state index >= 15 is 0 Å². The second kappa shape index (κ2) is 8.43. The highest BCUT2D eigenvalue weighted by Crippen LogP contribution is 2.28. The molecule has 0 spiro atoms. The molecule has 0 radical (unpaired) electrons. The average molecular weight is 375 g/mol. The molecule has 0 fully saturated rings. The number of nitrogens with zero attached hydrogens (tertiary/aromatic N) is 2. The van der Waals surface area contributed by atoms with E-state index in [1.54, 1.807) is 14.2 Å². The first-order valence-electron chi connectivity index (χ1n) is 8.62. The van der Waals surface area contributed by atoms with Gasteiger partial charge in [-0.2, -0.15) is 0 Å². The lowest BCUT2D eigenvalue weighted by molar-refractivity contribution is 0.287. The third kappa shape index (κ3) is 3.94. The van der Waals surface area contributed by atoms with Crippen LogP contribution in [-0.2, 0) is 19.4 Å². The Bertz CT molecular complexity index is 892. The molecule has 2 aromatic carbocycles. The number of aliphatic hydroxyl groups excluding tert-OH is 1. The van der Waals surface area contributed by atoms with Crippen molar-refractivity contribution in [3.8, 4) is 11.5 Å². The van der Waals surface area contributed by atoms with Crippen molar-refractivity contribution >= 4 is 22.6 Å². The molecule has 1 N–H and O–H groups in total. The number of aliphatic hydroxyl groups is 1. The summed E-state index contributed by atoms with van der Waals surface area (Å²) >= 11 is 6.18. The van der Waals surface area contributed by atoms with E-state index < -0.39 is 0 Å². The Labute approximate surface area is 158 Å². The van der Waals surface area contributed by atoms with E-state index in [2.05, 4.69) is 4.57 Å². The Balaban J connectivity index is 1.88. The molecule has 5 nitrogen and oxygen atoms in total. The first-order valence-corrected chi connectivity index (χ1v) is 9.00. The van der Waals surface area contributed by atoms with Crippen molar-refractivity contribution in [2.75, 3.05) is 20.8 Å². The molecule has 1 aromatic heterocycles. The Morgan fingerprint density at radius 2 is 1.85 bits per heavy atom. The summed E-state index contributed by atoms with van der Waals surface area (Å²) in [5, 5.41) is 9.86. The monoisotopic (exact) mass is 374 g/mol. The molecule has 0 atom stereocenters. The fourth-order valence-electron chi connectivity index (χ4n) is 3.10. The smallest absolute Gasteiger partial charge is 0.160 e. The van der Waals surface area contributed by atoms with Gasteiger partial charge in [-0.05, 0) is 48.7 Å². The zero-order chi connectivity index (χ0) is 18.5. The fourth-order valence-corrected chi connectivity index (χ4v) is 3.27. The van der Waals surface area contributed by atoms with Crippen LogP contribution >= 0.6 is 11.6 Å². The molecule has 0 saturated carbocycles. The van der Waals surface area contributed by atoms with Gasteiger partial charge >= 0.3 is 0 Å². The van der Waals surface area contributed by atoms with Crippen LogP contribution in [0.5, 0.6) is 11.5 Å². The molecule has 1 heterocycles. The van der Waals surface area contributed by atoms with Crippen molar-refractivity contribution < 1.29 is 14.6 Å². The van der Waals surface area contributed by atoms with Crippen LogP contribution in [-0.4, -0.2) is 35.5 Å². The van der Waals surface area contributed by atoms with Gasteiger partial charge < -0.3 is 19.1 Å². The first kappa shape index (κ1) is 18.5. The number of ether oxygens (including phenoxy) is 2. The molecule has 0 unspecified atom stereocenters. The van der Waals surface area contributed by atoms with Crippen LogP contribution in [0.1, 0.15) is 17.8 Å². The summed E-state index contributed by atoms with van der Waals surface area (Å²) < 4.78 is 12.9. The minimum Gasteiger partial charge on any atom is -0.493 e. The largest absolute Gasteiger partial charge is 0.493 e. The molecular weight excluding hydrogens is 352 g/mol. The molecule has 0 aliphatic carbocycles. The highest BCUT2D eigenvalue weighted by Gasteiger charge is 2.12. The fraction of sp³-hybridized carbons (Fsp3) is 0.350. The highest BCUT2D eigenvalue weighted by atomic mass is 35.5. The molecule has 0 bridgehead atoms. The average Bonchev–Trinajstić information content (AvgIpc) is 3.00. The molecule has 0 saturated heterocycles. The Morgan fingerprint density at radius 1 is 1.04 bits per heavy atom. The number of benzene rings is 2. The van der Waals surface area contributed by atoms with E-state index in [9.17, 15) is 0 Å². The summed E-state index contributed by atoms with van der Waals surface area (Å²) in [5.41, 5.74) is 3.10. The SMILES string of the molecule is COc1ccc(CCn2c(CCCO)nc3ccc(Cl)cc32)cc1OC. The van der Waals surface area contributed by atoms with Crippen LogP contribution in [0, 0.1) is 0 Å². The highest BCUT2D eigenvalue weighted by molar-refractivity contribution is 6.31. The Kier molecular flexibility index (Phi) is 6.01. The summed E-state index contributed by atoms with van der Waals surface area (Å²) in [4.78, 5) is 4.71. The van der Waals surface area contributed by atoms with Crippen LogP contribution < -0.4 is 9.47 Å². The van der Waals surface area contributed by atoms with Gasteiger partial charge in [-0.15, -0.1) is 0 Å². The van der Waals surface area contributed by atoms with Crippen molar-refractivity contribution in [2.45, 2.75) is 25.8 Å². The van der Waals surface area contributed by atoms with Crippen molar-refractivity contribution in [1.29, 1.82) is 0 Å². The maximum atomic E-state index is 9.17. The van der Waals surface area contributed by atoms with Gasteiger partial charge in [0.2, 0.25) is 0 Å². The number of methoxy groups -OCH3 is 2. The van der Waals surface area contributed by atoms with Gasteiger partial charge in [0.05, 0.1) is 25.3 Å². The van der Waals surface area contributed by atoms with Gasteiger partial charge in [0, 0.05) is 24.6 Å². The summed E-state index contributed by atoms with van der Waals surface area (Å²) in [6, 6.07) is 11.7. The van der Waals surface area contributed by atoms with Gasteiger partial charge in [0.15, 0.2) is 11.5 Å². The molecule has 138 valence electrons. The third-order valence-corrected chi connectivity index (χ3v) is 4.65. The predicted octanol–water partition coefficient (Wildman–Crippen LogP) is 3.87. The summed E-state index contributed by atoms with van der Waals surface area (Å²) in [6.45, 7) is 0.923. The van der Waals surface area contributed by atoms with Crippen LogP contribution in [0.4, 0.5) is 0 Å². The van der Waals surface area contributed by atoms with E-state index in [-0.39, 0.29) is 6.61 Å². The van der Waals surface area contributed by atoms with E-state index in [1.807, 2.05) is 36.4 Å². The molecular formula is C20H23ClN2O3. The normalized spacial score (nSPS) is 11.1. The Hall–Kier alpha value is -2.24. The second-order valence-corrected chi connectivity index (χ2v) is 6.52. The van der Waals surface area contributed by atoms with Gasteiger partial charge in [-0.25, -0.2) is 4.98 Å². The number of aryl methyl sites for hydroxylation is 3. The summed E-state index contributed by atoms with van der Waals surface area (Å²) in [6.07, 6.45) is 2.24. The molecule has 26 heavy (non-hydrogen) atoms. The molecule has 0 aliphatic rings. The summed E-state index contributed by atoms with van der Waals surface area (Å²) in [7, 11) is 3.27. The number of hydrogen-bond acceptors (Lipinski definition) is 4. The zero-order valence-corrected chi connectivity index (χ0v) is 15.8. The quantitative estimate of drug-likeness (QED) is 0.650. The van der Waals surface area contributed by atoms with E-state index in [4.69, 9.17) is 31.2 Å². The molecule has 0 amide bonds. The maximum absolute atomic E-state index is 9.17. The minimum atomic E-state index is 0.152. The molecule has 6 heteroatoms. The third-order valence-electron chi connectivity index (χ3n) is 4.42. The number of imidazole rings is 1. The number of fused-ring (bicyclic) bond motifs is 1. The van der Waals surface area contributed by atoms with Gasteiger partial charge in [-0.3, -0.25) is 0 Å². The number of rotatable bonds is 8. The number of halogens is 1. The van der Waals surface area contributed by atoms with Crippen LogP contribution in [0.3, 0.4) is 0 Å². The van der Waals surface area contributed by atoms with Crippen molar-refractivity contribution in [3.63, 3.8) is 0 Å². The lowest BCUT2D eigenvalue weighted by atomic mass is 10.1. The van der Waals surface area contributed by atoms with Crippen LogP contribution in [0.25, 0.3) is 11.0 Å². The van der Waals surface area contributed by atoms with Gasteiger partial charge in [-0.1, -0.05) is 17.7 Å². The molecule has 0 aliphatic heterocycles. The van der Waals surface area contributed by atoms with E-state index in [1.165, 1.54) is 0 Å². The number of hydrogen-bond donors (Lipinski definition) is 1. The van der Waals surface area contributed by atoms with E-state index in [0.717, 1.165) is 53.3 Å². The lowest BCUT2D eigenvalue weighted by Crippen LogP contribution is -2.07. The minimum absolute atomic E-state index is 0.152. The lowest BCUT2D eigenvalue weighted by Gasteiger charge is -2.12. The van der Waals surface area contributed by atoms with Crippen LogP contribution in [0.2, 0.25) is 5.02 Å². The van der Waals surface area contributed by atoms with E-state index in [0.29, 0.717) is 11.4 Å². The standard InChI is InChI=1S/C20H23ClN2O3/c1-25-18-8-5-14(12-19(18)26-2)9-10-23-17-13-15(21)6-7-16(17)22-20(23)4-3-11-24/h5-8,12-13,24H,3-4,9-11H2,1-2H3.